The molecule has 1 N–H and O–H groups in total. The number of benzene rings is 2. The van der Waals surface area contributed by atoms with E-state index in [0.717, 1.165) is 5.52 Å². The third-order valence-electron chi connectivity index (χ3n) is 4.29. The van der Waals surface area contributed by atoms with Gasteiger partial charge in [-0.05, 0) is 17.7 Å². The van der Waals surface area contributed by atoms with Crippen molar-refractivity contribution >= 4 is 28.6 Å². The fraction of sp³-hybridized carbons (Fsp3) is 0.118. The number of nitriles is 1. The van der Waals surface area contributed by atoms with Gasteiger partial charge >= 0.3 is 0 Å². The van der Waals surface area contributed by atoms with E-state index in [9.17, 15) is 20.2 Å². The number of carbonyl (C=O) groups excluding carboxylic acids is 1. The number of para-hydroxylation sites is 2. The summed E-state index contributed by atoms with van der Waals surface area (Å²) in [5.74, 6) is -1.04. The Morgan fingerprint density at radius 2 is 1.92 bits per heavy atom. The fourth-order valence-electron chi connectivity index (χ4n) is 3.16. The van der Waals surface area contributed by atoms with Crippen molar-refractivity contribution in [1.82, 2.24) is 9.55 Å². The summed E-state index contributed by atoms with van der Waals surface area (Å²) in [6.07, 6.45) is 0. The van der Waals surface area contributed by atoms with E-state index in [0.29, 0.717) is 17.0 Å². The first kappa shape index (κ1) is 14.8. The molecule has 0 radical (unpaired) electrons. The van der Waals surface area contributed by atoms with Crippen molar-refractivity contribution in [3.63, 3.8) is 0 Å². The Kier molecular flexibility index (Phi) is 3.22. The zero-order valence-electron chi connectivity index (χ0n) is 12.8. The number of carbonyl (C=O) groups is 1. The number of rotatable bonds is 2. The SMILES string of the molecule is N#C[C@@H]1C(=O)Nc2nc3ccccc3n2[C@@H]1c1ccc([N+](=O)[O-])cc1. The third kappa shape index (κ3) is 2.21. The van der Waals surface area contributed by atoms with Crippen LogP contribution in [-0.4, -0.2) is 20.4 Å². The zero-order chi connectivity index (χ0) is 17.6. The first-order chi connectivity index (χ1) is 12.1. The number of hydrogen-bond acceptors (Lipinski definition) is 5. The monoisotopic (exact) mass is 333 g/mol. The molecule has 4 rings (SSSR count). The molecule has 0 fully saturated rings. The quantitative estimate of drug-likeness (QED) is 0.572. The average Bonchev–Trinajstić information content (AvgIpc) is 2.98. The van der Waals surface area contributed by atoms with E-state index < -0.39 is 22.8 Å². The summed E-state index contributed by atoms with van der Waals surface area (Å²) >= 11 is 0. The van der Waals surface area contributed by atoms with Crippen LogP contribution in [0, 0.1) is 27.4 Å². The Hall–Kier alpha value is -3.73. The van der Waals surface area contributed by atoms with E-state index in [2.05, 4.69) is 10.3 Å². The molecule has 1 aromatic heterocycles. The molecule has 25 heavy (non-hydrogen) atoms. The second-order valence-electron chi connectivity index (χ2n) is 5.68. The summed E-state index contributed by atoms with van der Waals surface area (Å²) in [4.78, 5) is 27.1. The zero-order valence-corrected chi connectivity index (χ0v) is 12.8. The van der Waals surface area contributed by atoms with E-state index in [4.69, 9.17) is 0 Å². The number of anilines is 1. The highest BCUT2D eigenvalue weighted by atomic mass is 16.6. The lowest BCUT2D eigenvalue weighted by Gasteiger charge is -2.29. The normalized spacial score (nSPS) is 19.1. The van der Waals surface area contributed by atoms with Crippen LogP contribution in [0.4, 0.5) is 11.6 Å². The Labute approximate surface area is 141 Å². The van der Waals surface area contributed by atoms with Crippen LogP contribution in [-0.2, 0) is 4.79 Å². The van der Waals surface area contributed by atoms with Gasteiger partial charge in [0.15, 0.2) is 5.92 Å². The molecule has 2 atom stereocenters. The number of nitro benzene ring substituents is 1. The van der Waals surface area contributed by atoms with Gasteiger partial charge in [-0.25, -0.2) is 4.98 Å². The van der Waals surface area contributed by atoms with Gasteiger partial charge in [-0.2, -0.15) is 5.26 Å². The van der Waals surface area contributed by atoms with E-state index in [1.165, 1.54) is 12.1 Å². The lowest BCUT2D eigenvalue weighted by Crippen LogP contribution is -2.37. The highest BCUT2D eigenvalue weighted by Crippen LogP contribution is 2.38. The summed E-state index contributed by atoms with van der Waals surface area (Å²) in [6.45, 7) is 0. The summed E-state index contributed by atoms with van der Waals surface area (Å²) in [7, 11) is 0. The molecule has 8 nitrogen and oxygen atoms in total. The van der Waals surface area contributed by atoms with E-state index >= 15 is 0 Å². The lowest BCUT2D eigenvalue weighted by atomic mass is 9.91. The van der Waals surface area contributed by atoms with Crippen LogP contribution in [0.3, 0.4) is 0 Å². The molecular weight excluding hydrogens is 322 g/mol. The molecular formula is C17H11N5O3. The number of nitrogens with one attached hydrogen (secondary N) is 1. The van der Waals surface area contributed by atoms with Gasteiger partial charge < -0.3 is 4.57 Å². The first-order valence-electron chi connectivity index (χ1n) is 7.52. The molecule has 3 aromatic rings. The average molecular weight is 333 g/mol. The van der Waals surface area contributed by atoms with Crippen molar-refractivity contribution < 1.29 is 9.72 Å². The molecule has 2 aromatic carbocycles. The van der Waals surface area contributed by atoms with E-state index in [1.807, 2.05) is 30.3 Å². The van der Waals surface area contributed by atoms with Crippen LogP contribution in [0.15, 0.2) is 48.5 Å². The van der Waals surface area contributed by atoms with Gasteiger partial charge in [-0.15, -0.1) is 0 Å². The van der Waals surface area contributed by atoms with Crippen LogP contribution in [0.1, 0.15) is 11.6 Å². The predicted octanol–water partition coefficient (Wildman–Crippen LogP) is 2.63. The Bertz CT molecular complexity index is 1050. The second-order valence-corrected chi connectivity index (χ2v) is 5.68. The number of nitro groups is 1. The summed E-state index contributed by atoms with van der Waals surface area (Å²) in [5.41, 5.74) is 2.06. The van der Waals surface area contributed by atoms with Gasteiger partial charge in [-0.1, -0.05) is 24.3 Å². The van der Waals surface area contributed by atoms with Crippen LogP contribution < -0.4 is 5.32 Å². The maximum atomic E-state index is 12.3. The molecule has 8 heteroatoms. The van der Waals surface area contributed by atoms with Gasteiger partial charge in [0.25, 0.3) is 5.69 Å². The molecule has 0 spiro atoms. The van der Waals surface area contributed by atoms with Crippen molar-refractivity contribution in [1.29, 1.82) is 5.26 Å². The molecule has 2 heterocycles. The Balaban J connectivity index is 1.94. The highest BCUT2D eigenvalue weighted by Gasteiger charge is 2.38. The Morgan fingerprint density at radius 1 is 1.20 bits per heavy atom. The molecule has 1 amide bonds. The van der Waals surface area contributed by atoms with Crippen molar-refractivity contribution in [3.05, 3.63) is 64.2 Å². The minimum atomic E-state index is -0.966. The number of fused-ring (bicyclic) bond motifs is 3. The standard InChI is InChI=1S/C17H11N5O3/c18-9-12-15(10-5-7-11(8-6-10)22(24)25)21-14-4-2-1-3-13(14)19-17(21)20-16(12)23/h1-8,12,15H,(H,19,20,23)/t12-,15+/m0/s1. The molecule has 1 aliphatic rings. The topological polar surface area (TPSA) is 114 Å². The molecule has 0 saturated carbocycles. The molecule has 0 saturated heterocycles. The minimum absolute atomic E-state index is 0.0479. The summed E-state index contributed by atoms with van der Waals surface area (Å²) in [5, 5.41) is 23.0. The van der Waals surface area contributed by atoms with Crippen molar-refractivity contribution in [3.8, 4) is 6.07 Å². The van der Waals surface area contributed by atoms with Crippen molar-refractivity contribution in [2.45, 2.75) is 6.04 Å². The first-order valence-corrected chi connectivity index (χ1v) is 7.52. The molecule has 0 unspecified atom stereocenters. The third-order valence-corrected chi connectivity index (χ3v) is 4.29. The van der Waals surface area contributed by atoms with Crippen molar-refractivity contribution in [2.75, 3.05) is 5.32 Å². The summed E-state index contributed by atoms with van der Waals surface area (Å²) < 4.78 is 1.80. The highest BCUT2D eigenvalue weighted by molar-refractivity contribution is 5.97. The second kappa shape index (κ2) is 5.42. The maximum Gasteiger partial charge on any atom is 0.269 e. The lowest BCUT2D eigenvalue weighted by molar-refractivity contribution is -0.384. The van der Waals surface area contributed by atoms with Gasteiger partial charge in [0.2, 0.25) is 11.9 Å². The molecule has 122 valence electrons. The molecule has 0 bridgehead atoms. The number of imidazole rings is 1. The van der Waals surface area contributed by atoms with Crippen molar-refractivity contribution in [2.24, 2.45) is 5.92 Å². The largest absolute Gasteiger partial charge is 0.300 e. The Morgan fingerprint density at radius 3 is 2.60 bits per heavy atom. The van der Waals surface area contributed by atoms with Crippen LogP contribution in [0.25, 0.3) is 11.0 Å². The van der Waals surface area contributed by atoms with Gasteiger partial charge in [0.05, 0.1) is 28.1 Å². The van der Waals surface area contributed by atoms with Gasteiger partial charge in [0.1, 0.15) is 0 Å². The predicted molar refractivity (Wildman–Crippen MR) is 88.7 cm³/mol. The molecule has 0 aliphatic carbocycles. The molecule has 1 aliphatic heterocycles. The number of hydrogen-bond donors (Lipinski definition) is 1. The van der Waals surface area contributed by atoms with Gasteiger partial charge in [0, 0.05) is 12.1 Å². The van der Waals surface area contributed by atoms with E-state index in [-0.39, 0.29) is 5.69 Å². The van der Waals surface area contributed by atoms with Crippen LogP contribution >= 0.6 is 0 Å². The number of nitrogens with zero attached hydrogens (tertiary/aromatic N) is 4. The van der Waals surface area contributed by atoms with E-state index in [1.54, 1.807) is 16.7 Å². The fourth-order valence-corrected chi connectivity index (χ4v) is 3.16. The minimum Gasteiger partial charge on any atom is -0.300 e. The smallest absolute Gasteiger partial charge is 0.269 e. The van der Waals surface area contributed by atoms with Crippen LogP contribution in [0.5, 0.6) is 0 Å². The number of amides is 1. The van der Waals surface area contributed by atoms with Gasteiger partial charge in [-0.3, -0.25) is 20.2 Å². The number of non-ortho nitro benzene ring substituents is 1. The maximum absolute atomic E-state index is 12.3. The number of aromatic nitrogens is 2. The van der Waals surface area contributed by atoms with Crippen LogP contribution in [0.2, 0.25) is 0 Å². The summed E-state index contributed by atoms with van der Waals surface area (Å²) in [6, 6.07) is 14.7.